The minimum atomic E-state index is 0.0315. The van der Waals surface area contributed by atoms with E-state index < -0.39 is 0 Å². The minimum Gasteiger partial charge on any atom is -0.353 e. The second-order valence-electron chi connectivity index (χ2n) is 6.10. The molecule has 0 radical (unpaired) electrons. The first-order chi connectivity index (χ1) is 9.75. The first-order valence-electron chi connectivity index (χ1n) is 7.97. The van der Waals surface area contributed by atoms with E-state index >= 15 is 0 Å². The number of ether oxygens (including phenoxy) is 2. The van der Waals surface area contributed by atoms with Gasteiger partial charge in [0, 0.05) is 12.5 Å². The molecule has 0 N–H and O–H groups in total. The van der Waals surface area contributed by atoms with Crippen LogP contribution in [0.2, 0.25) is 0 Å². The van der Waals surface area contributed by atoms with E-state index in [1.165, 1.54) is 24.8 Å². The molecule has 2 rings (SSSR count). The second-order valence-corrected chi connectivity index (χ2v) is 6.10. The summed E-state index contributed by atoms with van der Waals surface area (Å²) in [6, 6.07) is 0. The highest BCUT2D eigenvalue weighted by molar-refractivity contribution is 5.18. The molecule has 2 nitrogen and oxygen atoms in total. The zero-order chi connectivity index (χ0) is 14.2. The maximum atomic E-state index is 6.00. The Morgan fingerprint density at radius 2 is 2.10 bits per heavy atom. The largest absolute Gasteiger partial charge is 0.353 e. The predicted octanol–water partition coefficient (Wildman–Crippen LogP) is 4.63. The second kappa shape index (κ2) is 8.43. The molecular weight excluding hydrogens is 248 g/mol. The van der Waals surface area contributed by atoms with Gasteiger partial charge >= 0.3 is 0 Å². The zero-order valence-corrected chi connectivity index (χ0v) is 12.9. The summed E-state index contributed by atoms with van der Waals surface area (Å²) in [6.07, 6.45) is 17.0. The van der Waals surface area contributed by atoms with E-state index in [9.17, 15) is 0 Å². The average molecular weight is 276 g/mol. The van der Waals surface area contributed by atoms with Gasteiger partial charge in [0.25, 0.3) is 0 Å². The van der Waals surface area contributed by atoms with Gasteiger partial charge < -0.3 is 9.47 Å². The van der Waals surface area contributed by atoms with Gasteiger partial charge in [0.05, 0.1) is 6.61 Å². The lowest BCUT2D eigenvalue weighted by Crippen LogP contribution is -2.26. The molecule has 1 fully saturated rings. The third-order valence-corrected chi connectivity index (χ3v) is 4.05. The molecule has 20 heavy (non-hydrogen) atoms. The van der Waals surface area contributed by atoms with E-state index in [2.05, 4.69) is 44.2 Å². The Morgan fingerprint density at radius 1 is 1.30 bits per heavy atom. The third kappa shape index (κ3) is 5.26. The Labute approximate surface area is 123 Å². The topological polar surface area (TPSA) is 18.5 Å². The van der Waals surface area contributed by atoms with Crippen LogP contribution in [0.15, 0.2) is 36.0 Å². The van der Waals surface area contributed by atoms with Gasteiger partial charge in [-0.25, -0.2) is 0 Å². The highest BCUT2D eigenvalue weighted by atomic mass is 16.7. The van der Waals surface area contributed by atoms with E-state index in [1.54, 1.807) is 0 Å². The van der Waals surface area contributed by atoms with Gasteiger partial charge in [-0.3, -0.25) is 0 Å². The van der Waals surface area contributed by atoms with E-state index in [0.717, 1.165) is 26.1 Å². The normalized spacial score (nSPS) is 24.0. The molecule has 1 heterocycles. The molecule has 2 atom stereocenters. The van der Waals surface area contributed by atoms with Gasteiger partial charge in [0.2, 0.25) is 0 Å². The van der Waals surface area contributed by atoms with Crippen LogP contribution in [-0.2, 0) is 9.47 Å². The molecule has 0 bridgehead atoms. The van der Waals surface area contributed by atoms with E-state index in [0.29, 0.717) is 11.8 Å². The Hall–Kier alpha value is -0.860. The highest BCUT2D eigenvalue weighted by Crippen LogP contribution is 2.26. The average Bonchev–Trinajstić information content (AvgIpc) is 2.97. The van der Waals surface area contributed by atoms with Crippen LogP contribution in [0.5, 0.6) is 0 Å². The van der Waals surface area contributed by atoms with Crippen molar-refractivity contribution in [3.63, 3.8) is 0 Å². The molecule has 1 aliphatic carbocycles. The monoisotopic (exact) mass is 276 g/mol. The zero-order valence-electron chi connectivity index (χ0n) is 12.9. The fourth-order valence-electron chi connectivity index (χ4n) is 2.81. The highest BCUT2D eigenvalue weighted by Gasteiger charge is 2.21. The van der Waals surface area contributed by atoms with E-state index in [-0.39, 0.29) is 6.29 Å². The van der Waals surface area contributed by atoms with E-state index in [1.807, 2.05) is 0 Å². The minimum absolute atomic E-state index is 0.0315. The van der Waals surface area contributed by atoms with Crippen molar-refractivity contribution in [2.45, 2.75) is 52.2 Å². The molecule has 1 aliphatic heterocycles. The van der Waals surface area contributed by atoms with Crippen molar-refractivity contribution in [1.29, 1.82) is 0 Å². The SMILES string of the molecule is CC(C)=CCCC(COC1CCCCO1)C1C=CC=C1. The number of hydrogen-bond donors (Lipinski definition) is 0. The summed E-state index contributed by atoms with van der Waals surface area (Å²) >= 11 is 0. The van der Waals surface area contributed by atoms with Crippen molar-refractivity contribution in [1.82, 2.24) is 0 Å². The van der Waals surface area contributed by atoms with Gasteiger partial charge in [-0.1, -0.05) is 36.0 Å². The predicted molar refractivity (Wildman–Crippen MR) is 83.5 cm³/mol. The summed E-state index contributed by atoms with van der Waals surface area (Å²) in [5.41, 5.74) is 1.40. The summed E-state index contributed by atoms with van der Waals surface area (Å²) in [5, 5.41) is 0. The summed E-state index contributed by atoms with van der Waals surface area (Å²) < 4.78 is 11.7. The fraction of sp³-hybridized carbons (Fsp3) is 0.667. The Balaban J connectivity index is 1.80. The molecule has 0 spiro atoms. The Kier molecular flexibility index (Phi) is 6.55. The molecule has 0 aromatic heterocycles. The molecule has 2 heteroatoms. The van der Waals surface area contributed by atoms with Crippen LogP contribution in [0.4, 0.5) is 0 Å². The van der Waals surface area contributed by atoms with Crippen LogP contribution in [0, 0.1) is 11.8 Å². The van der Waals surface area contributed by atoms with Crippen LogP contribution in [-0.4, -0.2) is 19.5 Å². The van der Waals surface area contributed by atoms with Crippen molar-refractivity contribution in [2.24, 2.45) is 11.8 Å². The van der Waals surface area contributed by atoms with E-state index in [4.69, 9.17) is 9.47 Å². The Morgan fingerprint density at radius 3 is 2.75 bits per heavy atom. The molecular formula is C18H28O2. The summed E-state index contributed by atoms with van der Waals surface area (Å²) in [7, 11) is 0. The first-order valence-corrected chi connectivity index (χ1v) is 7.97. The van der Waals surface area contributed by atoms with Crippen LogP contribution >= 0.6 is 0 Å². The summed E-state index contributed by atoms with van der Waals surface area (Å²) in [5.74, 6) is 1.09. The third-order valence-electron chi connectivity index (χ3n) is 4.05. The molecule has 0 aromatic carbocycles. The lowest BCUT2D eigenvalue weighted by Gasteiger charge is -2.27. The Bertz CT molecular complexity index is 346. The lowest BCUT2D eigenvalue weighted by atomic mass is 9.90. The molecule has 2 unspecified atom stereocenters. The van der Waals surface area contributed by atoms with Gasteiger partial charge in [-0.05, 0) is 51.9 Å². The van der Waals surface area contributed by atoms with Crippen LogP contribution in [0.1, 0.15) is 46.0 Å². The summed E-state index contributed by atoms with van der Waals surface area (Å²) in [6.45, 7) is 5.99. The number of rotatable bonds is 7. The molecule has 1 saturated heterocycles. The molecule has 2 aliphatic rings. The maximum absolute atomic E-state index is 6.00. The van der Waals surface area contributed by atoms with Crippen molar-refractivity contribution in [3.05, 3.63) is 36.0 Å². The molecule has 0 amide bonds. The van der Waals surface area contributed by atoms with Gasteiger partial charge in [-0.2, -0.15) is 0 Å². The van der Waals surface area contributed by atoms with Crippen molar-refractivity contribution in [2.75, 3.05) is 13.2 Å². The van der Waals surface area contributed by atoms with Crippen molar-refractivity contribution >= 4 is 0 Å². The van der Waals surface area contributed by atoms with Gasteiger partial charge in [0.15, 0.2) is 6.29 Å². The molecule has 0 aromatic rings. The molecule has 112 valence electrons. The van der Waals surface area contributed by atoms with Crippen LogP contribution < -0.4 is 0 Å². The quantitative estimate of drug-likeness (QED) is 0.631. The van der Waals surface area contributed by atoms with Crippen LogP contribution in [0.3, 0.4) is 0 Å². The van der Waals surface area contributed by atoms with Crippen molar-refractivity contribution in [3.8, 4) is 0 Å². The fourth-order valence-corrected chi connectivity index (χ4v) is 2.81. The van der Waals surface area contributed by atoms with Crippen LogP contribution in [0.25, 0.3) is 0 Å². The maximum Gasteiger partial charge on any atom is 0.157 e. The van der Waals surface area contributed by atoms with Gasteiger partial charge in [-0.15, -0.1) is 0 Å². The van der Waals surface area contributed by atoms with Gasteiger partial charge in [0.1, 0.15) is 0 Å². The standard InChI is InChI=1S/C18H28O2/c1-15(2)8-7-11-17(16-9-3-4-10-16)14-20-18-12-5-6-13-19-18/h3-4,8-10,16-18H,5-7,11-14H2,1-2H3. The molecule has 0 saturated carbocycles. The number of hydrogen-bond acceptors (Lipinski definition) is 2. The smallest absolute Gasteiger partial charge is 0.157 e. The lowest BCUT2D eigenvalue weighted by molar-refractivity contribution is -0.170. The number of allylic oxidation sites excluding steroid dienone is 6. The van der Waals surface area contributed by atoms with Crippen molar-refractivity contribution < 1.29 is 9.47 Å². The first kappa shape index (κ1) is 15.5. The summed E-state index contributed by atoms with van der Waals surface area (Å²) in [4.78, 5) is 0.